The molecule has 1 heterocycles. The molecular formula is C7H14O2. The van der Waals surface area contributed by atoms with Crippen molar-refractivity contribution in [1.29, 1.82) is 0 Å². The highest BCUT2D eigenvalue weighted by Crippen LogP contribution is 2.16. The van der Waals surface area contributed by atoms with Crippen molar-refractivity contribution in [2.45, 2.75) is 38.4 Å². The molecule has 0 unspecified atom stereocenters. The summed E-state index contributed by atoms with van der Waals surface area (Å²) in [4.78, 5) is 0. The van der Waals surface area contributed by atoms with Crippen molar-refractivity contribution in [3.8, 4) is 0 Å². The van der Waals surface area contributed by atoms with Crippen molar-refractivity contribution in [3.05, 3.63) is 0 Å². The van der Waals surface area contributed by atoms with E-state index in [1.54, 1.807) is 0 Å². The fourth-order valence-electron chi connectivity index (χ4n) is 1.17. The summed E-state index contributed by atoms with van der Waals surface area (Å²) in [6.07, 6.45) is 2.86. The van der Waals surface area contributed by atoms with Gasteiger partial charge < -0.3 is 9.84 Å². The summed E-state index contributed by atoms with van der Waals surface area (Å²) in [5.41, 5.74) is 0. The van der Waals surface area contributed by atoms with Crippen LogP contribution in [0.15, 0.2) is 0 Å². The number of aliphatic hydroxyl groups is 1. The molecule has 1 rings (SSSR count). The lowest BCUT2D eigenvalue weighted by Crippen LogP contribution is -2.23. The first kappa shape index (κ1) is 7.03. The summed E-state index contributed by atoms with van der Waals surface area (Å²) in [6.45, 7) is 2.81. The van der Waals surface area contributed by atoms with Gasteiger partial charge in [-0.25, -0.2) is 0 Å². The maximum Gasteiger partial charge on any atom is 0.0834 e. The van der Waals surface area contributed by atoms with E-state index in [0.717, 1.165) is 25.9 Å². The predicted molar refractivity (Wildman–Crippen MR) is 35.3 cm³/mol. The van der Waals surface area contributed by atoms with Crippen LogP contribution in [0.5, 0.6) is 0 Å². The highest BCUT2D eigenvalue weighted by molar-refractivity contribution is 4.71. The first-order valence-electron chi connectivity index (χ1n) is 3.64. The quantitative estimate of drug-likeness (QED) is 0.602. The van der Waals surface area contributed by atoms with Gasteiger partial charge in [-0.3, -0.25) is 0 Å². The Bertz CT molecular complexity index is 77.0. The Labute approximate surface area is 55.8 Å². The third kappa shape index (κ3) is 1.66. The van der Waals surface area contributed by atoms with Crippen LogP contribution in [0.25, 0.3) is 0 Å². The van der Waals surface area contributed by atoms with Crippen LogP contribution in [0.2, 0.25) is 0 Å². The van der Waals surface area contributed by atoms with Crippen LogP contribution in [-0.4, -0.2) is 23.9 Å². The third-order valence-electron chi connectivity index (χ3n) is 1.81. The van der Waals surface area contributed by atoms with E-state index in [4.69, 9.17) is 4.74 Å². The van der Waals surface area contributed by atoms with Gasteiger partial charge >= 0.3 is 0 Å². The minimum absolute atomic E-state index is 0.134. The zero-order valence-electron chi connectivity index (χ0n) is 5.84. The van der Waals surface area contributed by atoms with E-state index in [0.29, 0.717) is 0 Å². The Kier molecular flexibility index (Phi) is 2.49. The molecule has 54 valence electrons. The molecule has 2 atom stereocenters. The first-order chi connectivity index (χ1) is 4.34. The molecule has 0 bridgehead atoms. The molecule has 1 saturated heterocycles. The maximum atomic E-state index is 9.23. The molecule has 0 radical (unpaired) electrons. The second kappa shape index (κ2) is 3.18. The number of rotatable bonds is 2. The molecule has 2 heteroatoms. The summed E-state index contributed by atoms with van der Waals surface area (Å²) in [6, 6.07) is 0. The molecule has 0 spiro atoms. The average Bonchev–Trinajstić information content (AvgIpc) is 2.37. The minimum Gasteiger partial charge on any atom is -0.390 e. The van der Waals surface area contributed by atoms with Gasteiger partial charge in [0.1, 0.15) is 0 Å². The number of hydrogen-bond donors (Lipinski definition) is 1. The van der Waals surface area contributed by atoms with Crippen molar-refractivity contribution >= 4 is 0 Å². The Hall–Kier alpha value is -0.0800. The smallest absolute Gasteiger partial charge is 0.0834 e. The van der Waals surface area contributed by atoms with Crippen LogP contribution in [0.4, 0.5) is 0 Å². The monoisotopic (exact) mass is 130 g/mol. The average molecular weight is 130 g/mol. The zero-order chi connectivity index (χ0) is 6.69. The van der Waals surface area contributed by atoms with Crippen molar-refractivity contribution in [2.75, 3.05) is 6.61 Å². The lowest BCUT2D eigenvalue weighted by Gasteiger charge is -2.14. The summed E-state index contributed by atoms with van der Waals surface area (Å²) >= 11 is 0. The summed E-state index contributed by atoms with van der Waals surface area (Å²) in [5.74, 6) is 0. The Morgan fingerprint density at radius 2 is 2.56 bits per heavy atom. The summed E-state index contributed by atoms with van der Waals surface area (Å²) in [7, 11) is 0. The standard InChI is InChI=1S/C7H14O2/c1-2-6(8)7-4-3-5-9-7/h6-8H,2-5H2,1H3/t6-,7+/m0/s1. The van der Waals surface area contributed by atoms with Crippen molar-refractivity contribution in [3.63, 3.8) is 0 Å². The molecule has 1 aliphatic rings. The summed E-state index contributed by atoms with van der Waals surface area (Å²) in [5, 5.41) is 9.23. The third-order valence-corrected chi connectivity index (χ3v) is 1.81. The molecule has 0 amide bonds. The lowest BCUT2D eigenvalue weighted by atomic mass is 10.1. The predicted octanol–water partition coefficient (Wildman–Crippen LogP) is 0.936. The fraction of sp³-hybridized carbons (Fsp3) is 1.00. The number of hydrogen-bond acceptors (Lipinski definition) is 2. The first-order valence-corrected chi connectivity index (χ1v) is 3.64. The van der Waals surface area contributed by atoms with Crippen LogP contribution in [0.3, 0.4) is 0 Å². The van der Waals surface area contributed by atoms with E-state index in [1.807, 2.05) is 6.92 Å². The fourth-order valence-corrected chi connectivity index (χ4v) is 1.17. The number of aliphatic hydroxyl groups excluding tert-OH is 1. The Morgan fingerprint density at radius 1 is 1.78 bits per heavy atom. The normalized spacial score (nSPS) is 30.7. The van der Waals surface area contributed by atoms with E-state index in [2.05, 4.69) is 0 Å². The molecule has 0 aromatic rings. The van der Waals surface area contributed by atoms with Crippen molar-refractivity contribution in [2.24, 2.45) is 0 Å². The summed E-state index contributed by atoms with van der Waals surface area (Å²) < 4.78 is 5.26. The van der Waals surface area contributed by atoms with Gasteiger partial charge in [-0.15, -0.1) is 0 Å². The van der Waals surface area contributed by atoms with Gasteiger partial charge in [-0.2, -0.15) is 0 Å². The maximum absolute atomic E-state index is 9.23. The highest BCUT2D eigenvalue weighted by atomic mass is 16.5. The minimum atomic E-state index is -0.229. The largest absolute Gasteiger partial charge is 0.390 e. The molecule has 0 aromatic heterocycles. The molecule has 1 N–H and O–H groups in total. The second-order valence-corrected chi connectivity index (χ2v) is 2.53. The van der Waals surface area contributed by atoms with Crippen LogP contribution in [0, 0.1) is 0 Å². The van der Waals surface area contributed by atoms with E-state index >= 15 is 0 Å². The van der Waals surface area contributed by atoms with Gasteiger partial charge in [-0.05, 0) is 19.3 Å². The van der Waals surface area contributed by atoms with Gasteiger partial charge in [-0.1, -0.05) is 6.92 Å². The molecule has 1 fully saturated rings. The van der Waals surface area contributed by atoms with Gasteiger partial charge in [0.2, 0.25) is 0 Å². The Balaban J connectivity index is 2.24. The van der Waals surface area contributed by atoms with Crippen molar-refractivity contribution < 1.29 is 9.84 Å². The Morgan fingerprint density at radius 3 is 3.00 bits per heavy atom. The van der Waals surface area contributed by atoms with Crippen LogP contribution < -0.4 is 0 Å². The SMILES string of the molecule is CC[C@H](O)[C@H]1CCCO1. The topological polar surface area (TPSA) is 29.5 Å². The zero-order valence-corrected chi connectivity index (χ0v) is 5.84. The van der Waals surface area contributed by atoms with E-state index < -0.39 is 0 Å². The van der Waals surface area contributed by atoms with Gasteiger partial charge in [0.05, 0.1) is 12.2 Å². The lowest BCUT2D eigenvalue weighted by molar-refractivity contribution is -0.00279. The molecule has 0 saturated carbocycles. The molecule has 0 aromatic carbocycles. The molecular weight excluding hydrogens is 116 g/mol. The van der Waals surface area contributed by atoms with E-state index in [-0.39, 0.29) is 12.2 Å². The van der Waals surface area contributed by atoms with Gasteiger partial charge in [0.25, 0.3) is 0 Å². The second-order valence-electron chi connectivity index (χ2n) is 2.53. The molecule has 2 nitrogen and oxygen atoms in total. The number of ether oxygens (including phenoxy) is 1. The molecule has 1 aliphatic heterocycles. The molecule has 0 aliphatic carbocycles. The van der Waals surface area contributed by atoms with Crippen LogP contribution >= 0.6 is 0 Å². The van der Waals surface area contributed by atoms with E-state index in [1.165, 1.54) is 0 Å². The van der Waals surface area contributed by atoms with E-state index in [9.17, 15) is 5.11 Å². The van der Waals surface area contributed by atoms with Crippen molar-refractivity contribution in [1.82, 2.24) is 0 Å². The van der Waals surface area contributed by atoms with Crippen LogP contribution in [0.1, 0.15) is 26.2 Å². The van der Waals surface area contributed by atoms with Gasteiger partial charge in [0.15, 0.2) is 0 Å². The highest BCUT2D eigenvalue weighted by Gasteiger charge is 2.21. The van der Waals surface area contributed by atoms with Gasteiger partial charge in [0, 0.05) is 6.61 Å². The molecule has 9 heavy (non-hydrogen) atoms. The van der Waals surface area contributed by atoms with Crippen LogP contribution in [-0.2, 0) is 4.74 Å².